The van der Waals surface area contributed by atoms with Crippen LogP contribution < -0.4 is 15.1 Å². The molecule has 0 spiro atoms. The van der Waals surface area contributed by atoms with Crippen molar-refractivity contribution in [3.8, 4) is 17.0 Å². The fourth-order valence-electron chi connectivity index (χ4n) is 9.65. The van der Waals surface area contributed by atoms with Crippen LogP contribution in [0.1, 0.15) is 79.9 Å². The second kappa shape index (κ2) is 16.2. The summed E-state index contributed by atoms with van der Waals surface area (Å²) in [6.45, 7) is 8.55. The lowest BCUT2D eigenvalue weighted by molar-refractivity contribution is -0.134. The Morgan fingerprint density at radius 1 is 0.797 bits per heavy atom. The summed E-state index contributed by atoms with van der Waals surface area (Å²) in [6.07, 6.45) is 4.22. The van der Waals surface area contributed by atoms with Crippen molar-refractivity contribution in [2.75, 3.05) is 56.6 Å². The molecule has 4 aliphatic rings. The number of carbonyl (C=O) groups is 3. The van der Waals surface area contributed by atoms with Crippen molar-refractivity contribution in [1.29, 1.82) is 0 Å². The summed E-state index contributed by atoms with van der Waals surface area (Å²) in [4.78, 5) is 53.6. The number of phenols is 1. The molecule has 9 rings (SSSR count). The van der Waals surface area contributed by atoms with E-state index in [1.54, 1.807) is 36.2 Å². The molecule has 5 aromatic rings. The highest BCUT2D eigenvalue weighted by Gasteiger charge is 2.39. The predicted octanol–water partition coefficient (Wildman–Crippen LogP) is 6.81. The maximum atomic E-state index is 15.7. The molecule has 10 heteroatoms. The highest BCUT2D eigenvalue weighted by atomic mass is 16.3. The first-order valence-electron chi connectivity index (χ1n) is 21.3. The minimum absolute atomic E-state index is 0.0821. The highest BCUT2D eigenvalue weighted by molar-refractivity contribution is 6.17. The lowest BCUT2D eigenvalue weighted by atomic mass is 9.83. The van der Waals surface area contributed by atoms with Crippen molar-refractivity contribution >= 4 is 29.0 Å². The maximum absolute atomic E-state index is 15.7. The molecule has 59 heavy (non-hydrogen) atoms. The minimum atomic E-state index is -1.06. The van der Waals surface area contributed by atoms with E-state index in [0.29, 0.717) is 35.5 Å². The van der Waals surface area contributed by atoms with Gasteiger partial charge in [-0.2, -0.15) is 0 Å². The van der Waals surface area contributed by atoms with Crippen molar-refractivity contribution in [1.82, 2.24) is 19.7 Å². The fourth-order valence-corrected chi connectivity index (χ4v) is 9.65. The summed E-state index contributed by atoms with van der Waals surface area (Å²) >= 11 is 0. The second-order valence-electron chi connectivity index (χ2n) is 16.9. The number of anilines is 2. The van der Waals surface area contributed by atoms with Crippen LogP contribution in [0.2, 0.25) is 0 Å². The molecular weight excluding hydrogens is 737 g/mol. The van der Waals surface area contributed by atoms with Gasteiger partial charge in [-0.1, -0.05) is 36.4 Å². The molecule has 304 valence electrons. The number of ketones is 1. The Morgan fingerprint density at radius 3 is 2.31 bits per heavy atom. The molecular formula is C49H54N6O4. The molecule has 1 aromatic heterocycles. The van der Waals surface area contributed by atoms with E-state index in [1.807, 2.05) is 35.2 Å². The third-order valence-electron chi connectivity index (χ3n) is 13.2. The molecule has 2 amide bonds. The van der Waals surface area contributed by atoms with Gasteiger partial charge in [-0.15, -0.1) is 0 Å². The number of nitrogens with one attached hydrogen (secondary N) is 1. The average Bonchev–Trinajstić information content (AvgIpc) is 3.65. The van der Waals surface area contributed by atoms with E-state index in [2.05, 4.69) is 70.1 Å². The number of piperazine rings is 1. The van der Waals surface area contributed by atoms with E-state index in [0.717, 1.165) is 105 Å². The fraction of sp³-hybridized carbons (Fsp3) is 0.367. The number of phenolic OH excluding ortho intramolecular Hbond substituents is 1. The first-order valence-corrected chi connectivity index (χ1v) is 21.3. The van der Waals surface area contributed by atoms with Gasteiger partial charge in [-0.3, -0.25) is 14.4 Å². The van der Waals surface area contributed by atoms with E-state index in [9.17, 15) is 9.90 Å². The summed E-state index contributed by atoms with van der Waals surface area (Å²) < 4.78 is 2.24. The third-order valence-corrected chi connectivity index (χ3v) is 13.2. The number of hydrogen-bond acceptors (Lipinski definition) is 7. The molecule has 1 fully saturated rings. The van der Waals surface area contributed by atoms with Crippen LogP contribution in [0.5, 0.6) is 5.75 Å². The smallest absolute Gasteiger partial charge is 0.259 e. The number of carbonyl (C=O) groups excluding carboxylic acids is 3. The van der Waals surface area contributed by atoms with Gasteiger partial charge < -0.3 is 34.6 Å². The lowest BCUT2D eigenvalue weighted by Gasteiger charge is -2.37. The van der Waals surface area contributed by atoms with Crippen molar-refractivity contribution in [2.24, 2.45) is 0 Å². The number of rotatable bonds is 8. The number of likely N-dealkylation sites (N-methyl/N-ethyl adjacent to an activating group) is 1. The largest absolute Gasteiger partial charge is 0.508 e. The quantitative estimate of drug-likeness (QED) is 0.132. The number of benzene rings is 4. The monoisotopic (exact) mass is 790 g/mol. The van der Waals surface area contributed by atoms with E-state index in [1.165, 1.54) is 11.1 Å². The first kappa shape index (κ1) is 38.8. The number of fused-ring (bicyclic) bond motifs is 3. The number of hydrogen-bond donors (Lipinski definition) is 2. The Labute approximate surface area is 347 Å². The van der Waals surface area contributed by atoms with Crippen LogP contribution >= 0.6 is 0 Å². The molecule has 4 aromatic carbocycles. The zero-order valence-corrected chi connectivity index (χ0v) is 34.4. The number of Topliss-reactive ketones (excluding diaryl/α,β-unsaturated/α-hetero) is 1. The zero-order valence-electron chi connectivity index (χ0n) is 34.4. The Morgan fingerprint density at radius 2 is 1.54 bits per heavy atom. The highest BCUT2D eigenvalue weighted by Crippen LogP contribution is 2.39. The molecule has 10 nitrogen and oxygen atoms in total. The Kier molecular flexibility index (Phi) is 10.6. The van der Waals surface area contributed by atoms with Gasteiger partial charge in [0.15, 0.2) is 5.78 Å². The summed E-state index contributed by atoms with van der Waals surface area (Å²) in [5.41, 5.74) is 10.8. The molecule has 1 unspecified atom stereocenters. The number of aromatic hydroxyl groups is 1. The molecule has 4 aliphatic heterocycles. The van der Waals surface area contributed by atoms with E-state index in [-0.39, 0.29) is 29.4 Å². The Bertz CT molecular complexity index is 2390. The molecule has 0 bridgehead atoms. The predicted molar refractivity (Wildman–Crippen MR) is 232 cm³/mol. The summed E-state index contributed by atoms with van der Waals surface area (Å²) in [5, 5.41) is 13.4. The van der Waals surface area contributed by atoms with Gasteiger partial charge in [-0.25, -0.2) is 0 Å². The van der Waals surface area contributed by atoms with Crippen molar-refractivity contribution in [3.05, 3.63) is 136 Å². The number of aromatic nitrogens is 1. The van der Waals surface area contributed by atoms with Crippen LogP contribution in [0.15, 0.2) is 91.0 Å². The molecule has 0 saturated carbocycles. The maximum Gasteiger partial charge on any atom is 0.259 e. The van der Waals surface area contributed by atoms with Crippen molar-refractivity contribution < 1.29 is 19.5 Å². The van der Waals surface area contributed by atoms with Crippen LogP contribution in [-0.2, 0) is 43.7 Å². The molecule has 0 radical (unpaired) electrons. The molecule has 2 N–H and O–H groups in total. The molecule has 0 aliphatic carbocycles. The van der Waals surface area contributed by atoms with E-state index in [4.69, 9.17) is 0 Å². The standard InChI is InChI=1S/C49H54N6O4/c1-32-26-34-8-4-5-9-36(34)31-55(32)49(59)46(33-11-13-39(14-12-33)53-24-22-51(2)23-25-53)47(57)42-28-37-30-50-20-19-35(37)27-41(42)45-29-43(44-10-6-7-21-54(44)45)48(58)52(3)38-15-17-40(56)18-16-38/h4-5,8-9,11-18,27-29,32,46,50,56H,6-7,10,19-26,30-31H2,1-3H3/t32-,46?/m1/s1. The molecule has 5 heterocycles. The first-order chi connectivity index (χ1) is 28.6. The minimum Gasteiger partial charge on any atom is -0.508 e. The second-order valence-corrected chi connectivity index (χ2v) is 16.9. The van der Waals surface area contributed by atoms with Gasteiger partial charge in [0.1, 0.15) is 11.7 Å². The Hall–Kier alpha value is -5.71. The van der Waals surface area contributed by atoms with Gasteiger partial charge in [-0.05, 0) is 135 Å². The van der Waals surface area contributed by atoms with Gasteiger partial charge in [0.05, 0.1) is 5.56 Å². The normalized spacial score (nSPS) is 18.4. The summed E-state index contributed by atoms with van der Waals surface area (Å²) in [6, 6.07) is 29.2. The molecule has 2 atom stereocenters. The summed E-state index contributed by atoms with van der Waals surface area (Å²) in [5.74, 6) is -1.47. The van der Waals surface area contributed by atoms with Crippen LogP contribution in [0, 0.1) is 0 Å². The van der Waals surface area contributed by atoms with E-state index < -0.39 is 5.92 Å². The van der Waals surface area contributed by atoms with Gasteiger partial charge >= 0.3 is 0 Å². The van der Waals surface area contributed by atoms with Crippen LogP contribution in [0.25, 0.3) is 11.3 Å². The number of amides is 2. The third kappa shape index (κ3) is 7.44. The SMILES string of the molecule is C[C@@H]1Cc2ccccc2CN1C(=O)C(C(=O)c1cc2c(cc1-c1cc(C(=O)N(C)c3ccc(O)cc3)c3n1CCCC3)CCNC2)c1ccc(N2CCN(C)CC2)cc1. The van der Waals surface area contributed by atoms with Crippen LogP contribution in [0.3, 0.4) is 0 Å². The van der Waals surface area contributed by atoms with Gasteiger partial charge in [0.25, 0.3) is 5.91 Å². The van der Waals surface area contributed by atoms with Crippen molar-refractivity contribution in [2.45, 2.75) is 70.6 Å². The lowest BCUT2D eigenvalue weighted by Crippen LogP contribution is -2.46. The Balaban J connectivity index is 1.16. The topological polar surface area (TPSA) is 101 Å². The average molecular weight is 791 g/mol. The summed E-state index contributed by atoms with van der Waals surface area (Å²) in [7, 11) is 3.90. The van der Waals surface area contributed by atoms with Crippen molar-refractivity contribution in [3.63, 3.8) is 0 Å². The van der Waals surface area contributed by atoms with E-state index >= 15 is 9.59 Å². The zero-order chi connectivity index (χ0) is 40.8. The molecule has 1 saturated heterocycles. The van der Waals surface area contributed by atoms with Crippen LogP contribution in [0.4, 0.5) is 11.4 Å². The van der Waals surface area contributed by atoms with Crippen LogP contribution in [-0.4, -0.2) is 89.9 Å². The van der Waals surface area contributed by atoms with Gasteiger partial charge in [0.2, 0.25) is 5.91 Å². The number of nitrogens with zero attached hydrogens (tertiary/aromatic N) is 5. The van der Waals surface area contributed by atoms with Gasteiger partial charge in [0, 0.05) is 92.8 Å².